The van der Waals surface area contributed by atoms with Crippen LogP contribution < -0.4 is 15.4 Å². The SMILES string of the molecule is COc1ccc(C(=O)NC(=S)NCCC2=CCCCC2)cc1Br. The van der Waals surface area contributed by atoms with E-state index in [9.17, 15) is 4.79 Å². The summed E-state index contributed by atoms with van der Waals surface area (Å²) in [5.41, 5.74) is 2.01. The first kappa shape index (κ1) is 17.9. The predicted molar refractivity (Wildman–Crippen MR) is 99.9 cm³/mol. The van der Waals surface area contributed by atoms with Crippen LogP contribution in [-0.4, -0.2) is 24.7 Å². The summed E-state index contributed by atoms with van der Waals surface area (Å²) in [6, 6.07) is 5.16. The third kappa shape index (κ3) is 5.62. The van der Waals surface area contributed by atoms with Gasteiger partial charge in [-0.2, -0.15) is 0 Å². The molecular formula is C17H21BrN2O2S. The Balaban J connectivity index is 1.79. The molecule has 1 aromatic carbocycles. The van der Waals surface area contributed by atoms with Crippen LogP contribution in [0.1, 0.15) is 42.5 Å². The highest BCUT2D eigenvalue weighted by Gasteiger charge is 2.10. The highest BCUT2D eigenvalue weighted by atomic mass is 79.9. The fourth-order valence-electron chi connectivity index (χ4n) is 2.50. The third-order valence-corrected chi connectivity index (χ3v) is 4.62. The molecule has 0 radical (unpaired) electrons. The standard InChI is InChI=1S/C17H21BrN2O2S/c1-22-15-8-7-13(11-14(15)18)16(21)20-17(23)19-10-9-12-5-3-2-4-6-12/h5,7-8,11H,2-4,6,9-10H2,1H3,(H2,19,20,21,23). The molecule has 4 nitrogen and oxygen atoms in total. The van der Waals surface area contributed by atoms with Crippen molar-refractivity contribution in [2.45, 2.75) is 32.1 Å². The van der Waals surface area contributed by atoms with Crippen molar-refractivity contribution in [1.29, 1.82) is 0 Å². The Bertz CT molecular complexity index is 617. The minimum atomic E-state index is -0.234. The quantitative estimate of drug-likeness (QED) is 0.584. The minimum Gasteiger partial charge on any atom is -0.496 e. The molecular weight excluding hydrogens is 376 g/mol. The first-order valence-electron chi connectivity index (χ1n) is 7.71. The van der Waals surface area contributed by atoms with Gasteiger partial charge in [-0.15, -0.1) is 0 Å². The minimum absolute atomic E-state index is 0.234. The Labute approximate surface area is 150 Å². The number of amides is 1. The molecule has 0 bridgehead atoms. The lowest BCUT2D eigenvalue weighted by molar-refractivity contribution is 0.0976. The number of carbonyl (C=O) groups is 1. The van der Waals surface area contributed by atoms with Crippen molar-refractivity contribution < 1.29 is 9.53 Å². The molecule has 1 aliphatic rings. The highest BCUT2D eigenvalue weighted by Crippen LogP contribution is 2.25. The number of carbonyl (C=O) groups excluding carboxylic acids is 1. The average molecular weight is 397 g/mol. The number of hydrogen-bond donors (Lipinski definition) is 2. The molecule has 6 heteroatoms. The van der Waals surface area contributed by atoms with Crippen molar-refractivity contribution in [3.8, 4) is 5.75 Å². The molecule has 0 heterocycles. The third-order valence-electron chi connectivity index (χ3n) is 3.76. The Morgan fingerprint density at radius 1 is 1.39 bits per heavy atom. The Kier molecular flexibility index (Phi) is 7.05. The van der Waals surface area contributed by atoms with Gasteiger partial charge in [-0.25, -0.2) is 0 Å². The molecule has 2 rings (SSSR count). The lowest BCUT2D eigenvalue weighted by atomic mass is 9.97. The molecule has 0 unspecified atom stereocenters. The van der Waals surface area contributed by atoms with Gasteiger partial charge in [0.05, 0.1) is 11.6 Å². The zero-order valence-corrected chi connectivity index (χ0v) is 15.6. The van der Waals surface area contributed by atoms with Gasteiger partial charge in [0.15, 0.2) is 5.11 Å². The van der Waals surface area contributed by atoms with Crippen LogP contribution in [0.4, 0.5) is 0 Å². The number of hydrogen-bond acceptors (Lipinski definition) is 3. The van der Waals surface area contributed by atoms with Crippen LogP contribution in [0.25, 0.3) is 0 Å². The fourth-order valence-corrected chi connectivity index (χ4v) is 3.23. The van der Waals surface area contributed by atoms with Crippen LogP contribution in [-0.2, 0) is 0 Å². The van der Waals surface area contributed by atoms with Gasteiger partial charge < -0.3 is 10.1 Å². The molecule has 0 atom stereocenters. The summed E-state index contributed by atoms with van der Waals surface area (Å²) in [5.74, 6) is 0.450. The monoisotopic (exact) mass is 396 g/mol. The molecule has 23 heavy (non-hydrogen) atoms. The highest BCUT2D eigenvalue weighted by molar-refractivity contribution is 9.10. The summed E-state index contributed by atoms with van der Waals surface area (Å²) in [7, 11) is 1.58. The number of rotatable bonds is 5. The van der Waals surface area contributed by atoms with E-state index in [1.54, 1.807) is 25.3 Å². The molecule has 124 valence electrons. The smallest absolute Gasteiger partial charge is 0.257 e. The van der Waals surface area contributed by atoms with E-state index in [1.807, 2.05) is 0 Å². The van der Waals surface area contributed by atoms with Gasteiger partial charge in [-0.1, -0.05) is 11.6 Å². The zero-order valence-electron chi connectivity index (χ0n) is 13.2. The Morgan fingerprint density at radius 3 is 2.87 bits per heavy atom. The summed E-state index contributed by atoms with van der Waals surface area (Å²) in [6.45, 7) is 0.747. The molecule has 0 spiro atoms. The van der Waals surface area contributed by atoms with Crippen molar-refractivity contribution in [3.63, 3.8) is 0 Å². The first-order chi connectivity index (χ1) is 11.1. The molecule has 1 aliphatic carbocycles. The lowest BCUT2D eigenvalue weighted by Crippen LogP contribution is -2.39. The van der Waals surface area contributed by atoms with E-state index in [0.717, 1.165) is 17.4 Å². The van der Waals surface area contributed by atoms with Crippen LogP contribution in [0.3, 0.4) is 0 Å². The molecule has 0 fully saturated rings. The number of methoxy groups -OCH3 is 1. The van der Waals surface area contributed by atoms with Crippen molar-refractivity contribution in [2.24, 2.45) is 0 Å². The maximum absolute atomic E-state index is 12.2. The number of allylic oxidation sites excluding steroid dienone is 1. The molecule has 0 saturated heterocycles. The van der Waals surface area contributed by atoms with Crippen LogP contribution in [0.5, 0.6) is 5.75 Å². The maximum atomic E-state index is 12.2. The van der Waals surface area contributed by atoms with Crippen molar-refractivity contribution in [3.05, 3.63) is 39.9 Å². The summed E-state index contributed by atoms with van der Waals surface area (Å²) in [5, 5.41) is 6.15. The van der Waals surface area contributed by atoms with E-state index < -0.39 is 0 Å². The van der Waals surface area contributed by atoms with E-state index in [4.69, 9.17) is 17.0 Å². The van der Waals surface area contributed by atoms with Gasteiger partial charge in [0, 0.05) is 12.1 Å². The Hall–Kier alpha value is -1.40. The summed E-state index contributed by atoms with van der Waals surface area (Å²) >= 11 is 8.55. The lowest BCUT2D eigenvalue weighted by Gasteiger charge is -2.14. The van der Waals surface area contributed by atoms with Crippen LogP contribution >= 0.6 is 28.1 Å². The van der Waals surface area contributed by atoms with E-state index >= 15 is 0 Å². The number of halogens is 1. The number of thiocarbonyl (C=S) groups is 1. The van der Waals surface area contributed by atoms with Crippen molar-refractivity contribution in [2.75, 3.05) is 13.7 Å². The largest absolute Gasteiger partial charge is 0.496 e. The second kappa shape index (κ2) is 9.03. The van der Waals surface area contributed by atoms with Crippen molar-refractivity contribution in [1.82, 2.24) is 10.6 Å². The first-order valence-corrected chi connectivity index (χ1v) is 8.91. The number of nitrogens with one attached hydrogen (secondary N) is 2. The summed E-state index contributed by atoms with van der Waals surface area (Å²) in [4.78, 5) is 12.2. The molecule has 2 N–H and O–H groups in total. The molecule has 0 aromatic heterocycles. The van der Waals surface area contributed by atoms with Gasteiger partial charge in [0.2, 0.25) is 0 Å². The predicted octanol–water partition coefficient (Wildman–Crippen LogP) is 3.95. The second-order valence-electron chi connectivity index (χ2n) is 5.42. The van der Waals surface area contributed by atoms with E-state index in [-0.39, 0.29) is 5.91 Å². The number of ether oxygens (including phenoxy) is 1. The second-order valence-corrected chi connectivity index (χ2v) is 6.68. The van der Waals surface area contributed by atoms with Gasteiger partial charge in [-0.3, -0.25) is 10.1 Å². The average Bonchev–Trinajstić information content (AvgIpc) is 2.55. The summed E-state index contributed by atoms with van der Waals surface area (Å²) in [6.07, 6.45) is 8.23. The summed E-state index contributed by atoms with van der Waals surface area (Å²) < 4.78 is 5.88. The van der Waals surface area contributed by atoms with Crippen LogP contribution in [0.2, 0.25) is 0 Å². The van der Waals surface area contributed by atoms with Crippen molar-refractivity contribution >= 4 is 39.2 Å². The maximum Gasteiger partial charge on any atom is 0.257 e. The van der Waals surface area contributed by atoms with Gasteiger partial charge in [0.1, 0.15) is 5.75 Å². The zero-order chi connectivity index (χ0) is 16.7. The molecule has 0 saturated carbocycles. The van der Waals surface area contributed by atoms with E-state index in [1.165, 1.54) is 31.3 Å². The van der Waals surface area contributed by atoms with E-state index in [0.29, 0.717) is 16.4 Å². The molecule has 1 amide bonds. The Morgan fingerprint density at radius 2 is 2.22 bits per heavy atom. The molecule has 0 aliphatic heterocycles. The fraction of sp³-hybridized carbons (Fsp3) is 0.412. The topological polar surface area (TPSA) is 50.4 Å². The van der Waals surface area contributed by atoms with Gasteiger partial charge in [0.25, 0.3) is 5.91 Å². The van der Waals surface area contributed by atoms with Gasteiger partial charge >= 0.3 is 0 Å². The van der Waals surface area contributed by atoms with E-state index in [2.05, 4.69) is 32.6 Å². The van der Waals surface area contributed by atoms with Crippen LogP contribution in [0.15, 0.2) is 34.3 Å². The van der Waals surface area contributed by atoms with Gasteiger partial charge in [-0.05, 0) is 78.5 Å². The van der Waals surface area contributed by atoms with Crippen LogP contribution in [0, 0.1) is 0 Å². The number of benzene rings is 1. The molecule has 1 aromatic rings. The normalized spacial score (nSPS) is 13.9.